The van der Waals surface area contributed by atoms with Crippen LogP contribution in [0.15, 0.2) is 18.2 Å². The highest BCUT2D eigenvalue weighted by Gasteiger charge is 2.29. The Bertz CT molecular complexity index is 461. The summed E-state index contributed by atoms with van der Waals surface area (Å²) in [4.78, 5) is 11.7. The van der Waals surface area contributed by atoms with Crippen molar-refractivity contribution < 1.29 is 9.90 Å². The van der Waals surface area contributed by atoms with Gasteiger partial charge in [-0.15, -0.1) is 0 Å². The minimum Gasteiger partial charge on any atom is -0.392 e. The highest BCUT2D eigenvalue weighted by atomic mass is 35.5. The predicted octanol–water partition coefficient (Wildman–Crippen LogP) is 1.95. The van der Waals surface area contributed by atoms with Gasteiger partial charge in [-0.1, -0.05) is 17.7 Å². The van der Waals surface area contributed by atoms with Crippen molar-refractivity contribution in [2.75, 3.05) is 18.4 Å². The second-order valence-corrected chi connectivity index (χ2v) is 5.48. The summed E-state index contributed by atoms with van der Waals surface area (Å²) in [7, 11) is 0. The van der Waals surface area contributed by atoms with E-state index in [1.807, 2.05) is 13.0 Å². The molecule has 1 aromatic carbocycles. The zero-order valence-electron chi connectivity index (χ0n) is 10.9. The number of hydrogen-bond acceptors (Lipinski definition) is 3. The van der Waals surface area contributed by atoms with Crippen molar-refractivity contribution in [3.8, 4) is 0 Å². The first-order valence-corrected chi connectivity index (χ1v) is 6.89. The normalized spacial score (nSPS) is 16.2. The van der Waals surface area contributed by atoms with Crippen molar-refractivity contribution in [1.82, 2.24) is 5.32 Å². The van der Waals surface area contributed by atoms with Gasteiger partial charge in [0.05, 0.1) is 12.6 Å². The monoisotopic (exact) mass is 282 g/mol. The average Bonchev–Trinajstić information content (AvgIpc) is 3.18. The summed E-state index contributed by atoms with van der Waals surface area (Å²) in [6.45, 7) is 2.57. The van der Waals surface area contributed by atoms with Gasteiger partial charge in [0.25, 0.3) is 0 Å². The van der Waals surface area contributed by atoms with Gasteiger partial charge in [0.2, 0.25) is 5.91 Å². The highest BCUT2D eigenvalue weighted by Crippen LogP contribution is 2.32. The minimum atomic E-state index is -0.333. The molecule has 5 heteroatoms. The molecule has 3 N–H and O–H groups in total. The summed E-state index contributed by atoms with van der Waals surface area (Å²) in [6, 6.07) is 5.38. The first kappa shape index (κ1) is 14.3. The van der Waals surface area contributed by atoms with E-state index in [2.05, 4.69) is 10.6 Å². The van der Waals surface area contributed by atoms with Gasteiger partial charge in [-0.3, -0.25) is 4.79 Å². The van der Waals surface area contributed by atoms with Crippen LogP contribution in [0.1, 0.15) is 18.4 Å². The molecule has 19 heavy (non-hydrogen) atoms. The lowest BCUT2D eigenvalue weighted by atomic mass is 10.2. The molecule has 0 heterocycles. The van der Waals surface area contributed by atoms with E-state index in [9.17, 15) is 9.90 Å². The Morgan fingerprint density at radius 1 is 1.53 bits per heavy atom. The fourth-order valence-electron chi connectivity index (χ4n) is 1.90. The smallest absolute Gasteiger partial charge is 0.238 e. The van der Waals surface area contributed by atoms with Crippen LogP contribution in [-0.4, -0.2) is 30.2 Å². The van der Waals surface area contributed by atoms with Gasteiger partial charge in [-0.25, -0.2) is 0 Å². The third-order valence-electron chi connectivity index (χ3n) is 3.28. The van der Waals surface area contributed by atoms with E-state index in [0.717, 1.165) is 24.1 Å². The number of rotatable bonds is 6. The lowest BCUT2D eigenvalue weighted by molar-refractivity contribution is -0.115. The average molecular weight is 283 g/mol. The number of amides is 1. The molecule has 1 atom stereocenters. The number of aliphatic hydroxyl groups excluding tert-OH is 1. The van der Waals surface area contributed by atoms with E-state index in [4.69, 9.17) is 11.6 Å². The van der Waals surface area contributed by atoms with Crippen LogP contribution >= 0.6 is 11.6 Å². The predicted molar refractivity (Wildman–Crippen MR) is 76.4 cm³/mol. The van der Waals surface area contributed by atoms with Crippen molar-refractivity contribution in [3.05, 3.63) is 28.8 Å². The molecule has 1 aromatic rings. The molecule has 1 aliphatic carbocycles. The SMILES string of the molecule is Cc1ccc(Cl)cc1NC(=O)CNCC(O)C1CC1. The molecule has 2 rings (SSSR count). The number of benzene rings is 1. The molecule has 1 saturated carbocycles. The van der Waals surface area contributed by atoms with E-state index in [0.29, 0.717) is 17.5 Å². The van der Waals surface area contributed by atoms with Gasteiger partial charge in [0, 0.05) is 17.3 Å². The first-order valence-electron chi connectivity index (χ1n) is 6.51. The molecular weight excluding hydrogens is 264 g/mol. The Morgan fingerprint density at radius 2 is 2.26 bits per heavy atom. The van der Waals surface area contributed by atoms with Crippen molar-refractivity contribution >= 4 is 23.2 Å². The van der Waals surface area contributed by atoms with E-state index >= 15 is 0 Å². The summed E-state index contributed by atoms with van der Waals surface area (Å²) in [5, 5.41) is 16.0. The lowest BCUT2D eigenvalue weighted by Crippen LogP contribution is -2.34. The van der Waals surface area contributed by atoms with Gasteiger partial charge < -0.3 is 15.7 Å². The van der Waals surface area contributed by atoms with Crippen LogP contribution in [-0.2, 0) is 4.79 Å². The number of carbonyl (C=O) groups excluding carboxylic acids is 1. The van der Waals surface area contributed by atoms with Crippen molar-refractivity contribution in [1.29, 1.82) is 0 Å². The van der Waals surface area contributed by atoms with Crippen molar-refractivity contribution in [2.24, 2.45) is 5.92 Å². The number of carbonyl (C=O) groups is 1. The number of anilines is 1. The van der Waals surface area contributed by atoms with Crippen LogP contribution in [0.2, 0.25) is 5.02 Å². The van der Waals surface area contributed by atoms with E-state index in [1.165, 1.54) is 0 Å². The maximum Gasteiger partial charge on any atom is 0.238 e. The lowest BCUT2D eigenvalue weighted by Gasteiger charge is -2.12. The standard InChI is InChI=1S/C14H19ClN2O2/c1-9-2-5-11(15)6-12(9)17-14(19)8-16-7-13(18)10-3-4-10/h2,5-6,10,13,16,18H,3-4,7-8H2,1H3,(H,17,19). The third kappa shape index (κ3) is 4.49. The Hall–Kier alpha value is -1.10. The van der Waals surface area contributed by atoms with Crippen LogP contribution in [0.4, 0.5) is 5.69 Å². The number of aliphatic hydroxyl groups is 1. The fraction of sp³-hybridized carbons (Fsp3) is 0.500. The summed E-state index contributed by atoms with van der Waals surface area (Å²) in [6.07, 6.45) is 1.86. The number of halogens is 1. The van der Waals surface area contributed by atoms with E-state index in [1.54, 1.807) is 12.1 Å². The van der Waals surface area contributed by atoms with Gasteiger partial charge in [0.15, 0.2) is 0 Å². The van der Waals surface area contributed by atoms with Gasteiger partial charge in [-0.2, -0.15) is 0 Å². The zero-order chi connectivity index (χ0) is 13.8. The Labute approximate surface area is 118 Å². The third-order valence-corrected chi connectivity index (χ3v) is 3.51. The summed E-state index contributed by atoms with van der Waals surface area (Å²) in [5.41, 5.74) is 1.69. The molecule has 1 unspecified atom stereocenters. The van der Waals surface area contributed by atoms with Crippen molar-refractivity contribution in [2.45, 2.75) is 25.9 Å². The largest absolute Gasteiger partial charge is 0.392 e. The molecule has 4 nitrogen and oxygen atoms in total. The molecule has 0 aliphatic heterocycles. The number of nitrogens with one attached hydrogen (secondary N) is 2. The maximum absolute atomic E-state index is 11.7. The Morgan fingerprint density at radius 3 is 2.95 bits per heavy atom. The molecule has 1 fully saturated rings. The maximum atomic E-state index is 11.7. The number of hydrogen-bond donors (Lipinski definition) is 3. The summed E-state index contributed by atoms with van der Waals surface area (Å²) >= 11 is 5.89. The number of aryl methyl sites for hydroxylation is 1. The highest BCUT2D eigenvalue weighted by molar-refractivity contribution is 6.31. The fourth-order valence-corrected chi connectivity index (χ4v) is 2.08. The molecule has 104 valence electrons. The molecular formula is C14H19ClN2O2. The Kier molecular flexibility index (Phi) is 4.80. The summed E-state index contributed by atoms with van der Waals surface area (Å²) in [5.74, 6) is 0.291. The molecule has 1 aliphatic rings. The molecule has 1 amide bonds. The zero-order valence-corrected chi connectivity index (χ0v) is 11.7. The topological polar surface area (TPSA) is 61.4 Å². The molecule has 0 spiro atoms. The molecule has 0 saturated heterocycles. The first-order chi connectivity index (χ1) is 9.06. The van der Waals surface area contributed by atoms with Crippen LogP contribution in [0.25, 0.3) is 0 Å². The Balaban J connectivity index is 1.75. The van der Waals surface area contributed by atoms with Crippen LogP contribution in [0.3, 0.4) is 0 Å². The minimum absolute atomic E-state index is 0.131. The molecule has 0 bridgehead atoms. The van der Waals surface area contributed by atoms with Crippen LogP contribution in [0, 0.1) is 12.8 Å². The summed E-state index contributed by atoms with van der Waals surface area (Å²) < 4.78 is 0. The quantitative estimate of drug-likeness (QED) is 0.747. The second kappa shape index (κ2) is 6.37. The van der Waals surface area contributed by atoms with Crippen LogP contribution < -0.4 is 10.6 Å². The van der Waals surface area contributed by atoms with Crippen LogP contribution in [0.5, 0.6) is 0 Å². The van der Waals surface area contributed by atoms with Crippen molar-refractivity contribution in [3.63, 3.8) is 0 Å². The second-order valence-electron chi connectivity index (χ2n) is 5.04. The van der Waals surface area contributed by atoms with E-state index in [-0.39, 0.29) is 18.6 Å². The van der Waals surface area contributed by atoms with Gasteiger partial charge in [0.1, 0.15) is 0 Å². The van der Waals surface area contributed by atoms with Gasteiger partial charge >= 0.3 is 0 Å². The molecule has 0 aromatic heterocycles. The molecule has 0 radical (unpaired) electrons. The van der Waals surface area contributed by atoms with E-state index < -0.39 is 0 Å². The van der Waals surface area contributed by atoms with Gasteiger partial charge in [-0.05, 0) is 43.4 Å².